The number of carbonyl (C=O) groups is 1. The molecule has 29 heavy (non-hydrogen) atoms. The fourth-order valence-corrected chi connectivity index (χ4v) is 3.22. The van der Waals surface area contributed by atoms with Crippen LogP contribution < -0.4 is 4.90 Å². The molecule has 2 heterocycles. The van der Waals surface area contributed by atoms with Crippen molar-refractivity contribution in [2.75, 3.05) is 31.2 Å². The number of furan rings is 1. The summed E-state index contributed by atoms with van der Waals surface area (Å²) < 4.78 is 39.2. The number of rotatable bonds is 5. The molecule has 0 radical (unpaired) electrons. The van der Waals surface area contributed by atoms with E-state index in [2.05, 4.69) is 0 Å². The SMILES string of the molecule is O=C(/C=C\c1ccc(-c2ccccc2F)o1)c1ccc(N2CCOCC2)c(F)c1. The highest BCUT2D eigenvalue weighted by Crippen LogP contribution is 2.26. The summed E-state index contributed by atoms with van der Waals surface area (Å²) in [5.41, 5.74) is 1.06. The molecule has 0 aliphatic carbocycles. The first-order valence-corrected chi connectivity index (χ1v) is 9.31. The highest BCUT2D eigenvalue weighted by Gasteiger charge is 2.16. The van der Waals surface area contributed by atoms with Crippen molar-refractivity contribution in [3.8, 4) is 11.3 Å². The van der Waals surface area contributed by atoms with Crippen molar-refractivity contribution in [1.29, 1.82) is 0 Å². The van der Waals surface area contributed by atoms with Crippen molar-refractivity contribution in [3.05, 3.63) is 83.6 Å². The first-order chi connectivity index (χ1) is 14.1. The van der Waals surface area contributed by atoms with E-state index in [9.17, 15) is 13.6 Å². The highest BCUT2D eigenvalue weighted by atomic mass is 19.1. The number of carbonyl (C=O) groups excluding carboxylic acids is 1. The first kappa shape index (κ1) is 19.1. The molecule has 3 aromatic rings. The van der Waals surface area contributed by atoms with E-state index in [0.29, 0.717) is 49.1 Å². The largest absolute Gasteiger partial charge is 0.457 e. The maximum absolute atomic E-state index is 14.5. The van der Waals surface area contributed by atoms with Crippen LogP contribution in [-0.4, -0.2) is 32.1 Å². The summed E-state index contributed by atoms with van der Waals surface area (Å²) >= 11 is 0. The number of anilines is 1. The third kappa shape index (κ3) is 4.27. The lowest BCUT2D eigenvalue weighted by molar-refractivity contribution is 0.104. The summed E-state index contributed by atoms with van der Waals surface area (Å²) in [4.78, 5) is 14.3. The van der Waals surface area contributed by atoms with Crippen molar-refractivity contribution in [2.45, 2.75) is 0 Å². The van der Waals surface area contributed by atoms with Crippen molar-refractivity contribution in [2.24, 2.45) is 0 Å². The van der Waals surface area contributed by atoms with Crippen LogP contribution in [-0.2, 0) is 4.74 Å². The summed E-state index contributed by atoms with van der Waals surface area (Å²) in [7, 11) is 0. The van der Waals surface area contributed by atoms with Crippen LogP contribution in [0.3, 0.4) is 0 Å². The summed E-state index contributed by atoms with van der Waals surface area (Å²) in [6, 6.07) is 14.0. The van der Waals surface area contributed by atoms with E-state index in [-0.39, 0.29) is 17.2 Å². The standard InChI is InChI=1S/C23H19F2NO3/c24-19-4-2-1-3-18(19)23-10-7-17(29-23)6-9-22(27)16-5-8-21(20(25)15-16)26-11-13-28-14-12-26/h1-10,15H,11-14H2/b9-6-. The number of nitrogens with zero attached hydrogens (tertiary/aromatic N) is 1. The highest BCUT2D eigenvalue weighted by molar-refractivity contribution is 6.06. The monoisotopic (exact) mass is 395 g/mol. The fourth-order valence-electron chi connectivity index (χ4n) is 3.22. The van der Waals surface area contributed by atoms with Gasteiger partial charge < -0.3 is 14.1 Å². The van der Waals surface area contributed by atoms with Crippen LogP contribution in [0.4, 0.5) is 14.5 Å². The third-order valence-corrected chi connectivity index (χ3v) is 4.75. The van der Waals surface area contributed by atoms with Gasteiger partial charge in [0.1, 0.15) is 23.2 Å². The van der Waals surface area contributed by atoms with Gasteiger partial charge >= 0.3 is 0 Å². The van der Waals surface area contributed by atoms with Crippen LogP contribution in [0.25, 0.3) is 17.4 Å². The van der Waals surface area contributed by atoms with Gasteiger partial charge in [-0.25, -0.2) is 8.78 Å². The van der Waals surface area contributed by atoms with Crippen molar-refractivity contribution in [1.82, 2.24) is 0 Å². The van der Waals surface area contributed by atoms with Crippen LogP contribution >= 0.6 is 0 Å². The van der Waals surface area contributed by atoms with E-state index in [0.717, 1.165) is 0 Å². The van der Waals surface area contributed by atoms with E-state index in [1.165, 1.54) is 24.3 Å². The Morgan fingerprint density at radius 3 is 2.52 bits per heavy atom. The Balaban J connectivity index is 1.47. The Hall–Kier alpha value is -3.25. The lowest BCUT2D eigenvalue weighted by Gasteiger charge is -2.29. The molecule has 0 amide bonds. The smallest absolute Gasteiger partial charge is 0.186 e. The predicted octanol–water partition coefficient (Wildman–Crippen LogP) is 4.96. The molecule has 1 aliphatic heterocycles. The van der Waals surface area contributed by atoms with Crippen LogP contribution in [0.5, 0.6) is 0 Å². The Morgan fingerprint density at radius 2 is 1.76 bits per heavy atom. The van der Waals surface area contributed by atoms with E-state index in [4.69, 9.17) is 9.15 Å². The number of morpholine rings is 1. The minimum absolute atomic E-state index is 0.247. The molecule has 148 valence electrons. The molecule has 1 saturated heterocycles. The zero-order chi connectivity index (χ0) is 20.2. The average Bonchev–Trinajstić information content (AvgIpc) is 3.21. The molecule has 0 atom stereocenters. The van der Waals surface area contributed by atoms with Gasteiger partial charge in [0.2, 0.25) is 0 Å². The maximum Gasteiger partial charge on any atom is 0.186 e. The molecular weight excluding hydrogens is 376 g/mol. The molecule has 0 unspecified atom stereocenters. The van der Waals surface area contributed by atoms with Gasteiger partial charge in [0.25, 0.3) is 0 Å². The molecular formula is C23H19F2NO3. The van der Waals surface area contributed by atoms with Gasteiger partial charge in [0.05, 0.1) is 24.5 Å². The molecule has 1 fully saturated rings. The molecule has 0 saturated carbocycles. The van der Waals surface area contributed by atoms with Crippen LogP contribution in [0.15, 0.2) is 65.1 Å². The Kier molecular flexibility index (Phi) is 5.53. The zero-order valence-electron chi connectivity index (χ0n) is 15.6. The normalized spacial score (nSPS) is 14.5. The molecule has 4 rings (SSSR count). The molecule has 0 N–H and O–H groups in total. The number of ketones is 1. The second-order valence-electron chi connectivity index (χ2n) is 6.65. The molecule has 1 aromatic heterocycles. The average molecular weight is 395 g/mol. The van der Waals surface area contributed by atoms with Crippen molar-refractivity contribution < 1.29 is 22.7 Å². The Morgan fingerprint density at radius 1 is 0.966 bits per heavy atom. The van der Waals surface area contributed by atoms with Gasteiger partial charge in [-0.2, -0.15) is 0 Å². The number of ether oxygens (including phenoxy) is 1. The molecule has 6 heteroatoms. The van der Waals surface area contributed by atoms with Gasteiger partial charge in [-0.15, -0.1) is 0 Å². The van der Waals surface area contributed by atoms with Gasteiger partial charge in [-0.05, 0) is 54.6 Å². The van der Waals surface area contributed by atoms with Crippen molar-refractivity contribution >= 4 is 17.5 Å². The lowest BCUT2D eigenvalue weighted by atomic mass is 10.1. The molecule has 0 spiro atoms. The quantitative estimate of drug-likeness (QED) is 0.453. The van der Waals surface area contributed by atoms with Crippen LogP contribution in [0.1, 0.15) is 16.1 Å². The number of hydrogen-bond donors (Lipinski definition) is 0. The number of halogens is 2. The first-order valence-electron chi connectivity index (χ1n) is 9.31. The molecule has 1 aliphatic rings. The zero-order valence-corrected chi connectivity index (χ0v) is 15.6. The van der Waals surface area contributed by atoms with Crippen LogP contribution in [0.2, 0.25) is 0 Å². The summed E-state index contributed by atoms with van der Waals surface area (Å²) in [5, 5.41) is 0. The Bertz CT molecular complexity index is 1050. The van der Waals surface area contributed by atoms with Crippen LogP contribution in [0, 0.1) is 11.6 Å². The number of hydrogen-bond acceptors (Lipinski definition) is 4. The Labute approximate surface area is 167 Å². The van der Waals surface area contributed by atoms with E-state index < -0.39 is 5.82 Å². The fraction of sp³-hybridized carbons (Fsp3) is 0.174. The number of benzene rings is 2. The van der Waals surface area contributed by atoms with Gasteiger partial charge in [0, 0.05) is 18.7 Å². The van der Waals surface area contributed by atoms with E-state index in [1.807, 2.05) is 4.90 Å². The summed E-state index contributed by atoms with van der Waals surface area (Å²) in [6.45, 7) is 2.35. The van der Waals surface area contributed by atoms with Crippen molar-refractivity contribution in [3.63, 3.8) is 0 Å². The lowest BCUT2D eigenvalue weighted by Crippen LogP contribution is -2.36. The molecule has 4 nitrogen and oxygen atoms in total. The van der Waals surface area contributed by atoms with Gasteiger partial charge in [-0.3, -0.25) is 4.79 Å². The minimum Gasteiger partial charge on any atom is -0.457 e. The summed E-state index contributed by atoms with van der Waals surface area (Å²) in [5.74, 6) is -0.394. The third-order valence-electron chi connectivity index (χ3n) is 4.75. The molecule has 2 aromatic carbocycles. The second-order valence-corrected chi connectivity index (χ2v) is 6.65. The summed E-state index contributed by atoms with van der Waals surface area (Å²) in [6.07, 6.45) is 2.80. The molecule has 0 bridgehead atoms. The van der Waals surface area contributed by atoms with Gasteiger partial charge in [0.15, 0.2) is 5.78 Å². The van der Waals surface area contributed by atoms with E-state index in [1.54, 1.807) is 42.5 Å². The topological polar surface area (TPSA) is 42.7 Å². The minimum atomic E-state index is -0.439. The van der Waals surface area contributed by atoms with E-state index >= 15 is 0 Å². The second kappa shape index (κ2) is 8.41. The predicted molar refractivity (Wildman–Crippen MR) is 107 cm³/mol. The maximum atomic E-state index is 14.5. The number of allylic oxidation sites excluding steroid dienone is 1. The van der Waals surface area contributed by atoms with Gasteiger partial charge in [-0.1, -0.05) is 12.1 Å².